The summed E-state index contributed by atoms with van der Waals surface area (Å²) in [5, 5.41) is 0. The number of Topliss-reactive ketones (excluding diaryl/α,β-unsaturated/α-hetero) is 2. The number of hydrogen-bond donors (Lipinski definition) is 0. The zero-order valence-corrected chi connectivity index (χ0v) is 7.57. The van der Waals surface area contributed by atoms with Gasteiger partial charge in [-0.05, 0) is 17.8 Å². The first-order valence-corrected chi connectivity index (χ1v) is 4.95. The van der Waals surface area contributed by atoms with E-state index in [1.165, 1.54) is 0 Å². The minimum atomic E-state index is -0.269. The Labute approximate surface area is 77.0 Å². The van der Waals surface area contributed by atoms with Crippen molar-refractivity contribution in [2.75, 3.05) is 0 Å². The van der Waals surface area contributed by atoms with E-state index in [1.54, 1.807) is 0 Å². The first kappa shape index (κ1) is 7.48. The standard InChI is InChI=1S/C11H12O2/c1-5-6-2-3-7-8(6)4-9(12)10(7)11(5)13/h2-3,5-8,10H,4H2,1H3. The normalized spacial score (nSPS) is 51.9. The fraction of sp³-hybridized carbons (Fsp3) is 0.636. The SMILES string of the molecule is CC1C(=O)C2C(=O)CC3C1C=CC23. The monoisotopic (exact) mass is 176 g/mol. The molecule has 2 nitrogen and oxygen atoms in total. The number of hydrogen-bond acceptors (Lipinski definition) is 2. The van der Waals surface area contributed by atoms with Crippen molar-refractivity contribution in [3.63, 3.8) is 0 Å². The van der Waals surface area contributed by atoms with Gasteiger partial charge in [-0.15, -0.1) is 0 Å². The third kappa shape index (κ3) is 0.702. The van der Waals surface area contributed by atoms with E-state index in [9.17, 15) is 9.59 Å². The van der Waals surface area contributed by atoms with E-state index in [4.69, 9.17) is 0 Å². The van der Waals surface area contributed by atoms with Crippen molar-refractivity contribution in [3.8, 4) is 0 Å². The highest BCUT2D eigenvalue weighted by Gasteiger charge is 2.57. The summed E-state index contributed by atoms with van der Waals surface area (Å²) in [6.45, 7) is 1.97. The number of carbonyl (C=O) groups is 2. The molecule has 5 atom stereocenters. The molecule has 3 aliphatic carbocycles. The van der Waals surface area contributed by atoms with E-state index in [0.29, 0.717) is 18.3 Å². The minimum Gasteiger partial charge on any atom is -0.299 e. The molecule has 0 N–H and O–H groups in total. The van der Waals surface area contributed by atoms with Crippen LogP contribution in [0.5, 0.6) is 0 Å². The molecule has 4 bridgehead atoms. The summed E-state index contributed by atoms with van der Waals surface area (Å²) in [5.41, 5.74) is 0. The van der Waals surface area contributed by atoms with Crippen molar-refractivity contribution in [2.24, 2.45) is 29.6 Å². The lowest BCUT2D eigenvalue weighted by Gasteiger charge is -2.30. The van der Waals surface area contributed by atoms with Gasteiger partial charge in [-0.3, -0.25) is 9.59 Å². The average molecular weight is 176 g/mol. The third-order valence-corrected chi connectivity index (χ3v) is 4.05. The van der Waals surface area contributed by atoms with Crippen molar-refractivity contribution < 1.29 is 9.59 Å². The summed E-state index contributed by atoms with van der Waals surface area (Å²) in [6, 6.07) is 0. The number of carbonyl (C=O) groups excluding carboxylic acids is 2. The molecule has 2 heteroatoms. The van der Waals surface area contributed by atoms with Gasteiger partial charge in [0.1, 0.15) is 11.6 Å². The van der Waals surface area contributed by atoms with Gasteiger partial charge in [0.2, 0.25) is 0 Å². The highest BCUT2D eigenvalue weighted by atomic mass is 16.2. The summed E-state index contributed by atoms with van der Waals surface area (Å²) in [4.78, 5) is 23.3. The number of ketones is 2. The first-order valence-electron chi connectivity index (χ1n) is 4.95. The minimum absolute atomic E-state index is 0.0800. The first-order chi connectivity index (χ1) is 6.20. The van der Waals surface area contributed by atoms with E-state index in [1.807, 2.05) is 6.92 Å². The van der Waals surface area contributed by atoms with Gasteiger partial charge in [0.05, 0.1) is 5.92 Å². The van der Waals surface area contributed by atoms with Crippen LogP contribution in [0.15, 0.2) is 12.2 Å². The molecule has 2 saturated carbocycles. The lowest BCUT2D eigenvalue weighted by Crippen LogP contribution is -2.37. The van der Waals surface area contributed by atoms with Gasteiger partial charge in [0, 0.05) is 12.3 Å². The Morgan fingerprint density at radius 1 is 1.23 bits per heavy atom. The Kier molecular flexibility index (Phi) is 1.22. The molecule has 0 aliphatic heterocycles. The highest BCUT2D eigenvalue weighted by molar-refractivity contribution is 6.07. The molecule has 0 saturated heterocycles. The summed E-state index contributed by atoms with van der Waals surface area (Å²) in [6.07, 6.45) is 4.90. The summed E-state index contributed by atoms with van der Waals surface area (Å²) >= 11 is 0. The Hall–Kier alpha value is -0.920. The van der Waals surface area contributed by atoms with E-state index in [2.05, 4.69) is 12.2 Å². The van der Waals surface area contributed by atoms with Crippen LogP contribution in [0.1, 0.15) is 13.3 Å². The maximum Gasteiger partial charge on any atom is 0.147 e. The molecule has 3 rings (SSSR count). The van der Waals surface area contributed by atoms with Gasteiger partial charge in [0.25, 0.3) is 0 Å². The van der Waals surface area contributed by atoms with Gasteiger partial charge in [0.15, 0.2) is 0 Å². The van der Waals surface area contributed by atoms with Crippen molar-refractivity contribution >= 4 is 11.6 Å². The van der Waals surface area contributed by atoms with Crippen molar-refractivity contribution in [1.29, 1.82) is 0 Å². The van der Waals surface area contributed by atoms with E-state index in [0.717, 1.165) is 0 Å². The third-order valence-electron chi connectivity index (χ3n) is 4.05. The Morgan fingerprint density at radius 2 is 1.92 bits per heavy atom. The second-order valence-electron chi connectivity index (χ2n) is 4.54. The smallest absolute Gasteiger partial charge is 0.147 e. The molecule has 13 heavy (non-hydrogen) atoms. The highest BCUT2D eigenvalue weighted by Crippen LogP contribution is 2.53. The van der Waals surface area contributed by atoms with E-state index < -0.39 is 0 Å². The van der Waals surface area contributed by atoms with Crippen molar-refractivity contribution in [3.05, 3.63) is 12.2 Å². The van der Waals surface area contributed by atoms with Crippen LogP contribution in [0.2, 0.25) is 0 Å². The van der Waals surface area contributed by atoms with Gasteiger partial charge in [-0.2, -0.15) is 0 Å². The van der Waals surface area contributed by atoms with Crippen LogP contribution >= 0.6 is 0 Å². The molecule has 0 spiro atoms. The van der Waals surface area contributed by atoms with Crippen molar-refractivity contribution in [1.82, 2.24) is 0 Å². The van der Waals surface area contributed by atoms with Crippen LogP contribution in [0.3, 0.4) is 0 Å². The quantitative estimate of drug-likeness (QED) is 0.410. The van der Waals surface area contributed by atoms with Gasteiger partial charge in [-0.1, -0.05) is 19.1 Å². The van der Waals surface area contributed by atoms with Gasteiger partial charge >= 0.3 is 0 Å². The summed E-state index contributed by atoms with van der Waals surface area (Å²) in [7, 11) is 0. The van der Waals surface area contributed by atoms with Crippen LogP contribution in [0.4, 0.5) is 0 Å². The number of rotatable bonds is 0. The molecule has 0 heterocycles. The summed E-state index contributed by atoms with van der Waals surface area (Å²) < 4.78 is 0. The van der Waals surface area contributed by atoms with Crippen molar-refractivity contribution in [2.45, 2.75) is 13.3 Å². The summed E-state index contributed by atoms with van der Waals surface area (Å²) in [5.74, 6) is 1.29. The molecule has 0 aromatic rings. The molecule has 3 aliphatic rings. The lowest BCUT2D eigenvalue weighted by molar-refractivity contribution is -0.135. The number of allylic oxidation sites excluding steroid dienone is 2. The molecule has 68 valence electrons. The Balaban J connectivity index is 2.13. The van der Waals surface area contributed by atoms with Gasteiger partial charge in [-0.25, -0.2) is 0 Å². The largest absolute Gasteiger partial charge is 0.299 e. The van der Waals surface area contributed by atoms with Crippen LogP contribution in [0.25, 0.3) is 0 Å². The van der Waals surface area contributed by atoms with Crippen LogP contribution in [-0.4, -0.2) is 11.6 Å². The topological polar surface area (TPSA) is 34.1 Å². The molecule has 0 radical (unpaired) electrons. The predicted molar refractivity (Wildman–Crippen MR) is 46.9 cm³/mol. The van der Waals surface area contributed by atoms with Gasteiger partial charge < -0.3 is 0 Å². The lowest BCUT2D eigenvalue weighted by atomic mass is 9.71. The van der Waals surface area contributed by atoms with E-state index >= 15 is 0 Å². The Bertz CT molecular complexity index is 329. The molecule has 2 fully saturated rings. The molecular formula is C11H12O2. The Morgan fingerprint density at radius 3 is 2.69 bits per heavy atom. The molecule has 0 amide bonds. The molecule has 0 aromatic carbocycles. The van der Waals surface area contributed by atoms with Crippen LogP contribution in [0, 0.1) is 29.6 Å². The maximum atomic E-state index is 11.8. The maximum absolute atomic E-state index is 11.8. The average Bonchev–Trinajstić information content (AvgIpc) is 2.53. The predicted octanol–water partition coefficient (Wildman–Crippen LogP) is 1.21. The zero-order valence-electron chi connectivity index (χ0n) is 7.57. The van der Waals surface area contributed by atoms with Crippen LogP contribution < -0.4 is 0 Å². The molecule has 5 unspecified atom stereocenters. The molecule has 0 aromatic heterocycles. The fourth-order valence-corrected chi connectivity index (χ4v) is 3.36. The second-order valence-corrected chi connectivity index (χ2v) is 4.54. The second kappa shape index (κ2) is 2.11. The van der Waals surface area contributed by atoms with E-state index in [-0.39, 0.29) is 29.3 Å². The zero-order chi connectivity index (χ0) is 9.16. The van der Waals surface area contributed by atoms with Crippen LogP contribution in [-0.2, 0) is 9.59 Å². The fourth-order valence-electron chi connectivity index (χ4n) is 3.36. The molecular weight excluding hydrogens is 164 g/mol.